The van der Waals surface area contributed by atoms with Gasteiger partial charge in [-0.2, -0.15) is 0 Å². The molecule has 0 heterocycles. The molecule has 1 aromatic carbocycles. The van der Waals surface area contributed by atoms with E-state index in [-0.39, 0.29) is 0 Å². The zero-order chi connectivity index (χ0) is 13.9. The molecule has 2 aliphatic rings. The highest BCUT2D eigenvalue weighted by Crippen LogP contribution is 2.36. The van der Waals surface area contributed by atoms with Crippen LogP contribution in [0.3, 0.4) is 0 Å². The lowest BCUT2D eigenvalue weighted by Crippen LogP contribution is -2.29. The minimum Gasteiger partial charge on any atom is -0.371 e. The van der Waals surface area contributed by atoms with Gasteiger partial charge in [0, 0.05) is 25.3 Å². The van der Waals surface area contributed by atoms with E-state index in [2.05, 4.69) is 42.3 Å². The lowest BCUT2D eigenvalue weighted by Gasteiger charge is -2.28. The molecule has 2 heteroatoms. The summed E-state index contributed by atoms with van der Waals surface area (Å²) < 4.78 is 0. The Morgan fingerprint density at radius 3 is 2.30 bits per heavy atom. The van der Waals surface area contributed by atoms with Crippen molar-refractivity contribution in [2.75, 3.05) is 24.5 Å². The maximum absolute atomic E-state index is 3.50. The summed E-state index contributed by atoms with van der Waals surface area (Å²) in [5.74, 6) is 1.92. The molecule has 2 fully saturated rings. The molecule has 0 spiro atoms. The first-order valence-corrected chi connectivity index (χ1v) is 8.31. The van der Waals surface area contributed by atoms with Crippen LogP contribution in [0, 0.1) is 18.8 Å². The Morgan fingerprint density at radius 2 is 1.75 bits per heavy atom. The van der Waals surface area contributed by atoms with Crippen molar-refractivity contribution in [3.63, 3.8) is 0 Å². The van der Waals surface area contributed by atoms with Crippen LogP contribution in [0.1, 0.15) is 43.7 Å². The van der Waals surface area contributed by atoms with Gasteiger partial charge in [0.1, 0.15) is 0 Å². The highest BCUT2D eigenvalue weighted by atomic mass is 15.1. The van der Waals surface area contributed by atoms with Gasteiger partial charge in [-0.15, -0.1) is 0 Å². The Labute approximate surface area is 123 Å². The zero-order valence-electron chi connectivity index (χ0n) is 13.0. The zero-order valence-corrected chi connectivity index (χ0v) is 13.0. The minimum atomic E-state index is 0.960. The summed E-state index contributed by atoms with van der Waals surface area (Å²) in [5, 5.41) is 3.50. The van der Waals surface area contributed by atoms with Crippen LogP contribution < -0.4 is 10.2 Å². The van der Waals surface area contributed by atoms with Crippen LogP contribution in [0.25, 0.3) is 0 Å². The quantitative estimate of drug-likeness (QED) is 0.775. The van der Waals surface area contributed by atoms with Crippen molar-refractivity contribution < 1.29 is 0 Å². The van der Waals surface area contributed by atoms with E-state index < -0.39 is 0 Å². The average Bonchev–Trinajstić information content (AvgIpc) is 3.31. The van der Waals surface area contributed by atoms with Crippen molar-refractivity contribution in [1.29, 1.82) is 0 Å². The molecule has 0 amide bonds. The second-order valence-corrected chi connectivity index (χ2v) is 6.70. The fourth-order valence-electron chi connectivity index (χ4n) is 2.92. The number of anilines is 1. The van der Waals surface area contributed by atoms with E-state index >= 15 is 0 Å². The van der Waals surface area contributed by atoms with E-state index in [1.807, 2.05) is 0 Å². The van der Waals surface area contributed by atoms with Gasteiger partial charge in [-0.05, 0) is 62.6 Å². The molecular formula is C18H28N2. The molecule has 0 saturated heterocycles. The molecule has 0 bridgehead atoms. The number of nitrogens with one attached hydrogen (secondary N) is 1. The molecule has 20 heavy (non-hydrogen) atoms. The molecule has 2 aliphatic carbocycles. The number of hydrogen-bond acceptors (Lipinski definition) is 2. The monoisotopic (exact) mass is 272 g/mol. The molecule has 2 saturated carbocycles. The molecular weight excluding hydrogens is 244 g/mol. The van der Waals surface area contributed by atoms with Crippen molar-refractivity contribution in [2.24, 2.45) is 11.8 Å². The van der Waals surface area contributed by atoms with Crippen molar-refractivity contribution in [1.82, 2.24) is 5.32 Å². The Bertz CT molecular complexity index is 433. The summed E-state index contributed by atoms with van der Waals surface area (Å²) in [4.78, 5) is 2.68. The van der Waals surface area contributed by atoms with Gasteiger partial charge in [0.15, 0.2) is 0 Å². The number of hydrogen-bond donors (Lipinski definition) is 1. The van der Waals surface area contributed by atoms with E-state index in [9.17, 15) is 0 Å². The van der Waals surface area contributed by atoms with Gasteiger partial charge in [0.05, 0.1) is 0 Å². The first kappa shape index (κ1) is 13.9. The van der Waals surface area contributed by atoms with Crippen LogP contribution in [-0.4, -0.2) is 19.6 Å². The van der Waals surface area contributed by atoms with Crippen molar-refractivity contribution in [3.8, 4) is 0 Å². The SMILES string of the molecule is CCNCc1cc(C)ccc1N(CC1CC1)CC1CC1. The Hall–Kier alpha value is -1.02. The van der Waals surface area contributed by atoms with Crippen LogP contribution >= 0.6 is 0 Å². The Kier molecular flexibility index (Phi) is 4.30. The predicted octanol–water partition coefficient (Wildman–Crippen LogP) is 3.73. The molecule has 0 atom stereocenters. The van der Waals surface area contributed by atoms with Crippen molar-refractivity contribution in [2.45, 2.75) is 46.1 Å². The molecule has 1 aromatic rings. The minimum absolute atomic E-state index is 0.960. The van der Waals surface area contributed by atoms with Crippen LogP contribution in [0.15, 0.2) is 18.2 Å². The maximum atomic E-state index is 3.50. The second-order valence-electron chi connectivity index (χ2n) is 6.70. The first-order valence-electron chi connectivity index (χ1n) is 8.31. The topological polar surface area (TPSA) is 15.3 Å². The van der Waals surface area contributed by atoms with Gasteiger partial charge in [0.2, 0.25) is 0 Å². The van der Waals surface area contributed by atoms with E-state index in [1.54, 1.807) is 0 Å². The van der Waals surface area contributed by atoms with Crippen molar-refractivity contribution in [3.05, 3.63) is 29.3 Å². The van der Waals surface area contributed by atoms with Gasteiger partial charge in [-0.3, -0.25) is 0 Å². The molecule has 3 rings (SSSR count). The number of rotatable bonds is 8. The van der Waals surface area contributed by atoms with Gasteiger partial charge in [-0.1, -0.05) is 24.6 Å². The lowest BCUT2D eigenvalue weighted by molar-refractivity contribution is 0.667. The van der Waals surface area contributed by atoms with Crippen LogP contribution in [-0.2, 0) is 6.54 Å². The lowest BCUT2D eigenvalue weighted by atomic mass is 10.1. The van der Waals surface area contributed by atoms with Gasteiger partial charge in [-0.25, -0.2) is 0 Å². The average molecular weight is 272 g/mol. The summed E-state index contributed by atoms with van der Waals surface area (Å²) in [5.41, 5.74) is 4.34. The molecule has 110 valence electrons. The van der Waals surface area contributed by atoms with Crippen LogP contribution in [0.2, 0.25) is 0 Å². The fourth-order valence-corrected chi connectivity index (χ4v) is 2.92. The smallest absolute Gasteiger partial charge is 0.0412 e. The third kappa shape index (κ3) is 3.76. The molecule has 0 aliphatic heterocycles. The largest absolute Gasteiger partial charge is 0.371 e. The van der Waals surface area contributed by atoms with E-state index in [0.29, 0.717) is 0 Å². The van der Waals surface area contributed by atoms with E-state index in [0.717, 1.165) is 24.9 Å². The fraction of sp³-hybridized carbons (Fsp3) is 0.667. The summed E-state index contributed by atoms with van der Waals surface area (Å²) in [6.07, 6.45) is 5.76. The molecule has 0 aromatic heterocycles. The number of aryl methyl sites for hydroxylation is 1. The summed E-state index contributed by atoms with van der Waals surface area (Å²) in [7, 11) is 0. The Morgan fingerprint density at radius 1 is 1.10 bits per heavy atom. The summed E-state index contributed by atoms with van der Waals surface area (Å²) in [6, 6.07) is 7.00. The van der Waals surface area contributed by atoms with Crippen LogP contribution in [0.4, 0.5) is 5.69 Å². The summed E-state index contributed by atoms with van der Waals surface area (Å²) >= 11 is 0. The first-order chi connectivity index (χ1) is 9.76. The van der Waals surface area contributed by atoms with Gasteiger partial charge < -0.3 is 10.2 Å². The highest BCUT2D eigenvalue weighted by molar-refractivity contribution is 5.55. The number of benzene rings is 1. The number of nitrogens with zero attached hydrogens (tertiary/aromatic N) is 1. The normalized spacial score (nSPS) is 18.3. The third-order valence-corrected chi connectivity index (χ3v) is 4.49. The standard InChI is InChI=1S/C18H28N2/c1-3-19-11-17-10-14(2)4-9-18(17)20(12-15-5-6-15)13-16-7-8-16/h4,9-10,15-16,19H,3,5-8,11-13H2,1-2H3. The van der Waals surface area contributed by atoms with E-state index in [4.69, 9.17) is 0 Å². The Balaban J connectivity index is 1.78. The highest BCUT2D eigenvalue weighted by Gasteiger charge is 2.30. The maximum Gasteiger partial charge on any atom is 0.0412 e. The van der Waals surface area contributed by atoms with Gasteiger partial charge >= 0.3 is 0 Å². The third-order valence-electron chi connectivity index (χ3n) is 4.49. The van der Waals surface area contributed by atoms with Gasteiger partial charge in [0.25, 0.3) is 0 Å². The molecule has 1 N–H and O–H groups in total. The second kappa shape index (κ2) is 6.17. The van der Waals surface area contributed by atoms with Crippen LogP contribution in [0.5, 0.6) is 0 Å². The summed E-state index contributed by atoms with van der Waals surface area (Å²) in [6.45, 7) is 8.97. The predicted molar refractivity (Wildman–Crippen MR) is 86.2 cm³/mol. The molecule has 0 radical (unpaired) electrons. The van der Waals surface area contributed by atoms with E-state index in [1.165, 1.54) is 55.6 Å². The molecule has 0 unspecified atom stereocenters. The van der Waals surface area contributed by atoms with Crippen molar-refractivity contribution >= 4 is 5.69 Å². The molecule has 2 nitrogen and oxygen atoms in total.